The quantitative estimate of drug-likeness (QED) is 0.426. The van der Waals surface area contributed by atoms with E-state index in [1.165, 1.54) is 0 Å². The number of benzene rings is 1. The molecule has 3 heterocycles. The lowest BCUT2D eigenvalue weighted by molar-refractivity contribution is -0.122. The lowest BCUT2D eigenvalue weighted by Gasteiger charge is -2.34. The topological polar surface area (TPSA) is 133 Å². The average Bonchev–Trinajstić information content (AvgIpc) is 3.58. The van der Waals surface area contributed by atoms with Gasteiger partial charge in [0.15, 0.2) is 5.82 Å². The first-order valence-electron chi connectivity index (χ1n) is 13.8. The minimum atomic E-state index is -1.02. The number of pyridine rings is 1. The van der Waals surface area contributed by atoms with E-state index in [-0.39, 0.29) is 29.3 Å². The monoisotopic (exact) mass is 546 g/mol. The second-order valence-corrected chi connectivity index (χ2v) is 12.4. The largest absolute Gasteiger partial charge is 0.386 e. The number of hydrogen-bond donors (Lipinski definition) is 3. The Morgan fingerprint density at radius 1 is 1.15 bits per heavy atom. The fraction of sp³-hybridized carbons (Fsp3) is 0.500. The van der Waals surface area contributed by atoms with Gasteiger partial charge in [0.1, 0.15) is 0 Å². The molecule has 2 aliphatic rings. The molecule has 10 nitrogen and oxygen atoms in total. The SMILES string of the molecule is Cc1noc(C2C[C@H]2C(=O)NCc2ccc(-c3cncc(C(C)(C)O)c3)c3c2CN(C(=O)NC(C)(C)C)CC3)n1. The van der Waals surface area contributed by atoms with Crippen molar-refractivity contribution >= 4 is 11.9 Å². The van der Waals surface area contributed by atoms with Gasteiger partial charge in [-0.2, -0.15) is 4.98 Å². The zero-order valence-corrected chi connectivity index (χ0v) is 24.0. The van der Waals surface area contributed by atoms with Crippen LogP contribution in [0.25, 0.3) is 11.1 Å². The predicted molar refractivity (Wildman–Crippen MR) is 149 cm³/mol. The van der Waals surface area contributed by atoms with Crippen molar-refractivity contribution in [3.8, 4) is 11.1 Å². The van der Waals surface area contributed by atoms with Crippen molar-refractivity contribution < 1.29 is 19.2 Å². The van der Waals surface area contributed by atoms with Crippen molar-refractivity contribution in [2.24, 2.45) is 5.92 Å². The Hall–Kier alpha value is -3.79. The average molecular weight is 547 g/mol. The zero-order chi connectivity index (χ0) is 28.8. The minimum absolute atomic E-state index is 0.0374. The fourth-order valence-corrected chi connectivity index (χ4v) is 5.21. The van der Waals surface area contributed by atoms with Crippen LogP contribution >= 0.6 is 0 Å². The van der Waals surface area contributed by atoms with Gasteiger partial charge < -0.3 is 25.2 Å². The van der Waals surface area contributed by atoms with Gasteiger partial charge in [0.2, 0.25) is 11.8 Å². The molecule has 3 N–H and O–H groups in total. The van der Waals surface area contributed by atoms with Gasteiger partial charge in [-0.05, 0) is 82.7 Å². The van der Waals surface area contributed by atoms with Crippen LogP contribution in [0.15, 0.2) is 35.1 Å². The first kappa shape index (κ1) is 27.8. The van der Waals surface area contributed by atoms with Crippen molar-refractivity contribution in [3.63, 3.8) is 0 Å². The number of hydrogen-bond acceptors (Lipinski definition) is 7. The summed E-state index contributed by atoms with van der Waals surface area (Å²) < 4.78 is 5.25. The van der Waals surface area contributed by atoms with Crippen LogP contribution in [0.5, 0.6) is 0 Å². The molecule has 0 saturated heterocycles. The molecular weight excluding hydrogens is 508 g/mol. The van der Waals surface area contributed by atoms with E-state index in [2.05, 4.69) is 31.8 Å². The van der Waals surface area contributed by atoms with E-state index in [1.54, 1.807) is 33.2 Å². The number of aliphatic hydroxyl groups is 1. The Bertz CT molecular complexity index is 1430. The van der Waals surface area contributed by atoms with Crippen LogP contribution in [0.3, 0.4) is 0 Å². The second kappa shape index (κ2) is 10.3. The summed E-state index contributed by atoms with van der Waals surface area (Å²) in [6, 6.07) is 5.93. The summed E-state index contributed by atoms with van der Waals surface area (Å²) in [5.74, 6) is 0.820. The summed E-state index contributed by atoms with van der Waals surface area (Å²) in [6.07, 6.45) is 4.84. The van der Waals surface area contributed by atoms with Crippen molar-refractivity contribution in [3.05, 3.63) is 64.6 Å². The third kappa shape index (κ3) is 6.01. The highest BCUT2D eigenvalue weighted by molar-refractivity contribution is 5.82. The van der Waals surface area contributed by atoms with Crippen molar-refractivity contribution in [2.45, 2.75) is 84.5 Å². The maximum absolute atomic E-state index is 13.1. The summed E-state index contributed by atoms with van der Waals surface area (Å²) in [5.41, 5.74) is 4.43. The highest BCUT2D eigenvalue weighted by Gasteiger charge is 2.47. The first-order valence-corrected chi connectivity index (χ1v) is 13.8. The van der Waals surface area contributed by atoms with Gasteiger partial charge in [0, 0.05) is 48.7 Å². The molecule has 40 heavy (non-hydrogen) atoms. The molecule has 212 valence electrons. The van der Waals surface area contributed by atoms with E-state index in [0.29, 0.717) is 44.2 Å². The van der Waals surface area contributed by atoms with Crippen LogP contribution in [-0.4, -0.2) is 49.2 Å². The molecule has 3 aromatic rings. The van der Waals surface area contributed by atoms with E-state index >= 15 is 0 Å². The molecule has 1 saturated carbocycles. The molecule has 1 unspecified atom stereocenters. The third-order valence-electron chi connectivity index (χ3n) is 7.47. The molecule has 1 aromatic carbocycles. The lowest BCUT2D eigenvalue weighted by atomic mass is 9.87. The molecule has 2 atom stereocenters. The Morgan fingerprint density at radius 3 is 2.60 bits per heavy atom. The number of aryl methyl sites for hydroxylation is 1. The van der Waals surface area contributed by atoms with Crippen LogP contribution in [0, 0.1) is 12.8 Å². The molecule has 1 aliphatic carbocycles. The van der Waals surface area contributed by atoms with E-state index in [0.717, 1.165) is 33.4 Å². The van der Waals surface area contributed by atoms with Gasteiger partial charge >= 0.3 is 6.03 Å². The minimum Gasteiger partial charge on any atom is -0.386 e. The molecule has 3 amide bonds. The number of amides is 3. The van der Waals surface area contributed by atoms with E-state index < -0.39 is 5.60 Å². The van der Waals surface area contributed by atoms with Crippen molar-refractivity contribution in [1.82, 2.24) is 30.7 Å². The maximum atomic E-state index is 13.1. The standard InChI is InChI=1S/C30H38N6O4/c1-17-33-27(40-35-17)24-12-23(24)26(37)32-14-18-7-8-21(19-11-20(15-31-13-19)30(5,6)39)22-9-10-36(16-25(18)22)28(38)34-29(2,3)4/h7-8,11,13,15,23-24,39H,9-10,12,14,16H2,1-6H3,(H,32,37)(H,34,38)/t23-,24?/m1/s1. The molecule has 0 spiro atoms. The highest BCUT2D eigenvalue weighted by Crippen LogP contribution is 2.47. The van der Waals surface area contributed by atoms with Crippen LogP contribution < -0.4 is 10.6 Å². The maximum Gasteiger partial charge on any atom is 0.318 e. The van der Waals surface area contributed by atoms with Gasteiger partial charge in [0.05, 0.1) is 17.4 Å². The number of carbonyl (C=O) groups is 2. The molecule has 5 rings (SSSR count). The fourth-order valence-electron chi connectivity index (χ4n) is 5.21. The number of aromatic nitrogens is 3. The van der Waals surface area contributed by atoms with Crippen molar-refractivity contribution in [2.75, 3.05) is 6.54 Å². The van der Waals surface area contributed by atoms with Crippen LogP contribution in [-0.2, 0) is 29.9 Å². The summed E-state index contributed by atoms with van der Waals surface area (Å²) >= 11 is 0. The zero-order valence-electron chi connectivity index (χ0n) is 24.0. The van der Waals surface area contributed by atoms with Crippen LogP contribution in [0.4, 0.5) is 4.79 Å². The van der Waals surface area contributed by atoms with Crippen LogP contribution in [0.2, 0.25) is 0 Å². The number of nitrogens with one attached hydrogen (secondary N) is 2. The normalized spacial score (nSPS) is 18.7. The van der Waals surface area contributed by atoms with Gasteiger partial charge in [-0.15, -0.1) is 0 Å². The molecular formula is C30H38N6O4. The van der Waals surface area contributed by atoms with Gasteiger partial charge in [0.25, 0.3) is 0 Å². The van der Waals surface area contributed by atoms with E-state index in [4.69, 9.17) is 4.52 Å². The molecule has 1 aliphatic heterocycles. The smallest absolute Gasteiger partial charge is 0.318 e. The molecule has 1 fully saturated rings. The Labute approximate surface area is 234 Å². The molecule has 0 bridgehead atoms. The van der Waals surface area contributed by atoms with Gasteiger partial charge in [-0.25, -0.2) is 4.79 Å². The number of rotatable bonds is 6. The molecule has 0 radical (unpaired) electrons. The number of urea groups is 1. The number of nitrogens with zero attached hydrogens (tertiary/aromatic N) is 4. The first-order chi connectivity index (χ1) is 18.8. The second-order valence-electron chi connectivity index (χ2n) is 12.4. The lowest BCUT2D eigenvalue weighted by Crippen LogP contribution is -2.50. The number of carbonyl (C=O) groups excluding carboxylic acids is 2. The van der Waals surface area contributed by atoms with Crippen molar-refractivity contribution in [1.29, 1.82) is 0 Å². The summed E-state index contributed by atoms with van der Waals surface area (Å²) in [7, 11) is 0. The van der Waals surface area contributed by atoms with E-state index in [1.807, 2.05) is 37.8 Å². The summed E-state index contributed by atoms with van der Waals surface area (Å²) in [5, 5.41) is 20.5. The Kier molecular flexibility index (Phi) is 7.16. The Balaban J connectivity index is 1.41. The predicted octanol–water partition coefficient (Wildman–Crippen LogP) is 3.95. The number of fused-ring (bicyclic) bond motifs is 1. The summed E-state index contributed by atoms with van der Waals surface area (Å²) in [4.78, 5) is 36.5. The molecule has 2 aromatic heterocycles. The van der Waals surface area contributed by atoms with Gasteiger partial charge in [-0.3, -0.25) is 9.78 Å². The summed E-state index contributed by atoms with van der Waals surface area (Å²) in [6.45, 7) is 12.5. The third-order valence-corrected chi connectivity index (χ3v) is 7.47. The Morgan fingerprint density at radius 2 is 1.93 bits per heavy atom. The highest BCUT2D eigenvalue weighted by atomic mass is 16.5. The molecule has 10 heteroatoms. The van der Waals surface area contributed by atoms with Crippen LogP contribution in [0.1, 0.15) is 80.9 Å². The van der Waals surface area contributed by atoms with E-state index in [9.17, 15) is 14.7 Å². The van der Waals surface area contributed by atoms with Gasteiger partial charge in [-0.1, -0.05) is 17.3 Å².